The summed E-state index contributed by atoms with van der Waals surface area (Å²) in [5.74, 6) is 0.0528. The van der Waals surface area contributed by atoms with Crippen LogP contribution in [0.3, 0.4) is 0 Å². The Morgan fingerprint density at radius 1 is 0.580 bits per heavy atom. The van der Waals surface area contributed by atoms with Crippen LogP contribution in [0.25, 0.3) is 45.1 Å². The number of hydrogen-bond acceptors (Lipinski definition) is 18. The molecule has 26 heteroatoms. The van der Waals surface area contributed by atoms with Gasteiger partial charge in [-0.1, -0.05) is 34.1 Å². The number of likely N-dealkylation sites (tertiary alicyclic amines) is 2. The highest BCUT2D eigenvalue weighted by Crippen LogP contribution is 2.44. The summed E-state index contributed by atoms with van der Waals surface area (Å²) in [4.78, 5) is 37.4. The lowest BCUT2D eigenvalue weighted by atomic mass is 9.49. The van der Waals surface area contributed by atoms with Crippen molar-refractivity contribution in [3.05, 3.63) is 87.4 Å². The Morgan fingerprint density at radius 2 is 0.955 bits per heavy atom. The first-order valence-corrected chi connectivity index (χ1v) is 30.3. The van der Waals surface area contributed by atoms with Gasteiger partial charge in [0.05, 0.1) is 47.8 Å². The minimum Gasteiger partial charge on any atom is -0.468 e. The second-order valence-electron chi connectivity index (χ2n) is 25.7. The fourth-order valence-electron chi connectivity index (χ4n) is 11.1. The van der Waals surface area contributed by atoms with Crippen molar-refractivity contribution in [3.8, 4) is 34.4 Å². The summed E-state index contributed by atoms with van der Waals surface area (Å²) in [6.45, 7) is 23.9. The van der Waals surface area contributed by atoms with Crippen LogP contribution < -0.4 is 14.9 Å². The van der Waals surface area contributed by atoms with E-state index >= 15 is 0 Å². The van der Waals surface area contributed by atoms with E-state index in [2.05, 4.69) is 20.9 Å². The van der Waals surface area contributed by atoms with Crippen LogP contribution in [0, 0.1) is 13.8 Å². The summed E-state index contributed by atoms with van der Waals surface area (Å²) in [7, 11) is 1.18. The molecule has 5 saturated heterocycles. The number of hydrogen-bond donors (Lipinski definition) is 0. The van der Waals surface area contributed by atoms with Crippen LogP contribution in [0.2, 0.25) is 0 Å². The average molecular weight is 1290 g/mol. The van der Waals surface area contributed by atoms with E-state index < -0.39 is 57.6 Å². The Bertz CT molecular complexity index is 3450. The minimum absolute atomic E-state index is 0.00619. The monoisotopic (exact) mass is 1290 g/mol. The number of esters is 2. The Labute approximate surface area is 520 Å². The molecule has 2 aromatic heterocycles. The van der Waals surface area contributed by atoms with E-state index in [-0.39, 0.29) is 58.9 Å². The van der Waals surface area contributed by atoms with Gasteiger partial charge in [-0.2, -0.15) is 17.6 Å². The van der Waals surface area contributed by atoms with Crippen LogP contribution in [0.1, 0.15) is 131 Å². The molecule has 4 aromatic carbocycles. The van der Waals surface area contributed by atoms with Gasteiger partial charge in [-0.15, -0.1) is 0 Å². The number of alkyl halides is 4. The molecule has 0 unspecified atom stereocenters. The molecule has 0 aliphatic carbocycles. The van der Waals surface area contributed by atoms with Gasteiger partial charge in [0, 0.05) is 51.9 Å². The molecule has 88 heavy (non-hydrogen) atoms. The van der Waals surface area contributed by atoms with Gasteiger partial charge in [0.15, 0.2) is 11.2 Å². The van der Waals surface area contributed by atoms with Crippen molar-refractivity contribution in [2.45, 2.75) is 195 Å². The molecule has 0 N–H and O–H groups in total. The summed E-state index contributed by atoms with van der Waals surface area (Å²) in [5.41, 5.74) is 4.50. The zero-order valence-corrected chi connectivity index (χ0v) is 54.5. The van der Waals surface area contributed by atoms with Gasteiger partial charge in [-0.05, 0) is 183 Å². The van der Waals surface area contributed by atoms with Gasteiger partial charge in [0.25, 0.3) is 0 Å². The van der Waals surface area contributed by atoms with Crippen LogP contribution in [-0.2, 0) is 60.1 Å². The molecule has 0 spiro atoms. The maximum absolute atomic E-state index is 13.3. The van der Waals surface area contributed by atoms with Crippen LogP contribution in [0.5, 0.6) is 11.5 Å². The second-order valence-corrected chi connectivity index (χ2v) is 26.6. The van der Waals surface area contributed by atoms with Crippen molar-refractivity contribution < 1.29 is 82.9 Å². The first-order chi connectivity index (χ1) is 41.1. The van der Waals surface area contributed by atoms with Crippen LogP contribution in [-0.4, -0.2) is 139 Å². The van der Waals surface area contributed by atoms with Crippen LogP contribution >= 0.6 is 15.9 Å². The lowest BCUT2D eigenvalue weighted by Gasteiger charge is -2.32. The number of benzene rings is 4. The zero-order valence-electron chi connectivity index (χ0n) is 52.9. The zero-order chi connectivity index (χ0) is 64.2. The molecule has 0 amide bonds. The SMILES string of the molecule is CC1(C)OB(B2OC(C)(C)C(C)(C)O2)OC1(C)C.COC(=O)[C@@H]1CCCN1Cc1cc2nc(-c3cccc(B4OC(C)(C)C(C)(C)O4)c3C)oc2cc1OC(F)F.COC(=O)[C@@H]1CCCN1Cc1cc2nc(-c3cccc(Br)c3C)oc2cc1OC(F)F. The maximum atomic E-state index is 13.3. The summed E-state index contributed by atoms with van der Waals surface area (Å²) in [6.07, 6.45) is 2.94. The van der Waals surface area contributed by atoms with Crippen LogP contribution in [0.15, 0.2) is 74.0 Å². The highest BCUT2D eigenvalue weighted by Gasteiger charge is 2.64. The predicted molar refractivity (Wildman–Crippen MR) is 328 cm³/mol. The number of methoxy groups -OCH3 is 2. The molecule has 0 radical (unpaired) electrons. The Balaban J connectivity index is 0.000000168. The normalized spacial score (nSPS) is 21.7. The third-order valence-corrected chi connectivity index (χ3v) is 19.2. The Hall–Kier alpha value is -5.57. The molecule has 18 nitrogen and oxygen atoms in total. The van der Waals surface area contributed by atoms with E-state index in [1.807, 2.05) is 143 Å². The van der Waals surface area contributed by atoms with Gasteiger partial charge in [-0.25, -0.2) is 9.97 Å². The molecule has 0 saturated carbocycles. The molecule has 6 aromatic rings. The van der Waals surface area contributed by atoms with E-state index in [1.54, 1.807) is 12.1 Å². The van der Waals surface area contributed by atoms with Crippen molar-refractivity contribution in [2.75, 3.05) is 27.3 Å². The first kappa shape index (κ1) is 66.8. The van der Waals surface area contributed by atoms with Crippen molar-refractivity contribution in [2.24, 2.45) is 0 Å². The molecule has 7 heterocycles. The van der Waals surface area contributed by atoms with E-state index in [9.17, 15) is 27.2 Å². The van der Waals surface area contributed by atoms with E-state index in [1.165, 1.54) is 26.4 Å². The molecule has 474 valence electrons. The topological polar surface area (TPSA) is 185 Å². The molecule has 0 bridgehead atoms. The second kappa shape index (κ2) is 25.6. The lowest BCUT2D eigenvalue weighted by molar-refractivity contribution is -0.146. The number of ether oxygens (including phenoxy) is 4. The van der Waals surface area contributed by atoms with Gasteiger partial charge in [0.1, 0.15) is 34.6 Å². The van der Waals surface area contributed by atoms with Crippen LogP contribution in [0.4, 0.5) is 17.6 Å². The number of carbonyl (C=O) groups is 2. The number of carbonyl (C=O) groups excluding carboxylic acids is 2. The Morgan fingerprint density at radius 3 is 1.34 bits per heavy atom. The van der Waals surface area contributed by atoms with E-state index in [0.717, 1.165) is 45.0 Å². The summed E-state index contributed by atoms with van der Waals surface area (Å²) in [6, 6.07) is 16.8. The fraction of sp³-hybridized carbons (Fsp3) is 0.548. The van der Waals surface area contributed by atoms with E-state index in [4.69, 9.17) is 60.7 Å². The number of halogens is 5. The fourth-order valence-corrected chi connectivity index (χ4v) is 11.5. The molecule has 5 aliphatic rings. The standard InChI is InChI=1S/C28H33BF2N2O6.C22H21BrF2N2O4.C12H24B2O4/c1-16-18(9-7-10-19(16)29-38-27(2,3)28(4,5)39-29)24-32-20-13-17(22(37-26(30)31)14-23(20)36-24)15-33-12-8-11-21(33)25(34)35-6;1-12-14(5-3-6-15(12)23)20-26-16-9-13(18(31-22(24)25)10-19(16)30-20)11-27-8-4-7-17(27)21(28)29-2;1-9(2)10(3,4)16-13(15-9)14-17-11(5,6)12(7,8)18-14/h7,9-10,13-14,21,26H,8,11-12,15H2,1-6H3;3,5-6,9-10,17,22H,4,7-8,11H2,1-2H3;1-8H3/t21-;17-;/m00./s1. The summed E-state index contributed by atoms with van der Waals surface area (Å²) < 4.78 is 121. The average Bonchev–Trinajstić information content (AvgIpc) is 2.25. The number of fused-ring (bicyclic) bond motifs is 2. The predicted octanol–water partition coefficient (Wildman–Crippen LogP) is 12.4. The molecule has 2 atom stereocenters. The lowest BCUT2D eigenvalue weighted by Crippen LogP contribution is -2.41. The molecule has 5 aliphatic heterocycles. The van der Waals surface area contributed by atoms with Crippen molar-refractivity contribution in [1.29, 1.82) is 0 Å². The third kappa shape index (κ3) is 13.8. The van der Waals surface area contributed by atoms with Gasteiger partial charge >= 0.3 is 46.3 Å². The molecular formula is C62H78B3BrF4N4O14. The smallest absolute Gasteiger partial charge is 0.468 e. The number of aromatic nitrogens is 2. The van der Waals surface area contributed by atoms with Gasteiger partial charge < -0.3 is 55.7 Å². The quantitative estimate of drug-likeness (QED) is 0.0569. The summed E-state index contributed by atoms with van der Waals surface area (Å²) >= 11 is 3.49. The number of rotatable bonds is 14. The highest BCUT2D eigenvalue weighted by molar-refractivity contribution is 9.10. The number of oxazole rings is 2. The van der Waals surface area contributed by atoms with Crippen molar-refractivity contribution in [1.82, 2.24) is 19.8 Å². The van der Waals surface area contributed by atoms with Gasteiger partial charge in [-0.3, -0.25) is 19.4 Å². The Kier molecular flexibility index (Phi) is 19.5. The molecule has 11 rings (SSSR count). The maximum Gasteiger partial charge on any atom is 0.495 e. The first-order valence-electron chi connectivity index (χ1n) is 29.5. The largest absolute Gasteiger partial charge is 0.495 e. The molecular weight excluding hydrogens is 1210 g/mol. The molecule has 5 fully saturated rings. The van der Waals surface area contributed by atoms with Crippen molar-refractivity contribution in [3.63, 3.8) is 0 Å². The third-order valence-electron chi connectivity index (χ3n) is 18.4. The summed E-state index contributed by atoms with van der Waals surface area (Å²) in [5, 5.41) is 0. The van der Waals surface area contributed by atoms with Gasteiger partial charge in [0.2, 0.25) is 11.8 Å². The minimum atomic E-state index is -3.02. The van der Waals surface area contributed by atoms with Crippen molar-refractivity contribution >= 4 is 76.7 Å². The highest BCUT2D eigenvalue weighted by atomic mass is 79.9. The van der Waals surface area contributed by atoms with E-state index in [0.29, 0.717) is 71.0 Å². The number of nitrogens with zero attached hydrogens (tertiary/aromatic N) is 4.